The second-order valence-corrected chi connectivity index (χ2v) is 9.77. The van der Waals surface area contributed by atoms with Gasteiger partial charge in [0.2, 0.25) is 20.9 Å². The molecule has 0 amide bonds. The summed E-state index contributed by atoms with van der Waals surface area (Å²) in [6.07, 6.45) is 2.62. The van der Waals surface area contributed by atoms with Crippen molar-refractivity contribution in [2.45, 2.75) is 6.04 Å². The van der Waals surface area contributed by atoms with E-state index >= 15 is 0 Å². The molecule has 3 heterocycles. The van der Waals surface area contributed by atoms with Crippen LogP contribution in [0.3, 0.4) is 0 Å². The van der Waals surface area contributed by atoms with Gasteiger partial charge in [-0.2, -0.15) is 13.9 Å². The smallest absolute Gasteiger partial charge is 0.230 e. The van der Waals surface area contributed by atoms with Crippen molar-refractivity contribution in [3.63, 3.8) is 0 Å². The molecule has 0 spiro atoms. The number of benzene rings is 1. The van der Waals surface area contributed by atoms with Crippen LogP contribution in [0.5, 0.6) is 5.88 Å². The lowest BCUT2D eigenvalue weighted by molar-refractivity contribution is 0.156. The minimum absolute atomic E-state index is 0.0305. The second-order valence-electron chi connectivity index (χ2n) is 6.37. The average molecular weight is 428 g/mol. The molecule has 1 fully saturated rings. The molecular weight excluding hydrogens is 410 g/mol. The molecule has 11 heteroatoms. The van der Waals surface area contributed by atoms with Crippen molar-refractivity contribution in [2.24, 2.45) is 0 Å². The second kappa shape index (κ2) is 7.02. The van der Waals surface area contributed by atoms with Crippen LogP contribution in [0, 0.1) is 0 Å². The molecular formula is C16H18ClN5O3S2. The maximum atomic E-state index is 11.8. The molecule has 3 aromatic rings. The lowest BCUT2D eigenvalue weighted by Gasteiger charge is -2.38. The summed E-state index contributed by atoms with van der Waals surface area (Å²) in [6, 6.07) is 7.17. The zero-order valence-corrected chi connectivity index (χ0v) is 16.9. The lowest BCUT2D eigenvalue weighted by atomic mass is 10.0. The summed E-state index contributed by atoms with van der Waals surface area (Å²) in [4.78, 5) is 7.57. The number of aromatic hydroxyl groups is 1. The molecule has 0 radical (unpaired) electrons. The van der Waals surface area contributed by atoms with Gasteiger partial charge in [0.1, 0.15) is 6.33 Å². The first kappa shape index (κ1) is 18.6. The molecule has 1 atom stereocenters. The Hall–Kier alpha value is -1.72. The summed E-state index contributed by atoms with van der Waals surface area (Å²) in [5, 5.41) is 15.4. The normalized spacial score (nSPS) is 18.1. The molecule has 2 aromatic heterocycles. The molecule has 0 aliphatic carbocycles. The highest BCUT2D eigenvalue weighted by Crippen LogP contribution is 2.42. The van der Waals surface area contributed by atoms with Crippen molar-refractivity contribution in [2.75, 3.05) is 32.4 Å². The lowest BCUT2D eigenvalue weighted by Crippen LogP contribution is -2.49. The van der Waals surface area contributed by atoms with Gasteiger partial charge in [-0.15, -0.1) is 0 Å². The Kier molecular flexibility index (Phi) is 4.85. The fourth-order valence-corrected chi connectivity index (χ4v) is 5.51. The Morgan fingerprint density at radius 2 is 1.93 bits per heavy atom. The predicted octanol–water partition coefficient (Wildman–Crippen LogP) is 1.82. The molecule has 4 rings (SSSR count). The number of hydrogen-bond acceptors (Lipinski definition) is 7. The molecule has 1 aliphatic rings. The zero-order valence-electron chi connectivity index (χ0n) is 14.5. The van der Waals surface area contributed by atoms with Crippen molar-refractivity contribution in [1.82, 2.24) is 23.8 Å². The first-order chi connectivity index (χ1) is 12.9. The summed E-state index contributed by atoms with van der Waals surface area (Å²) in [5.41, 5.74) is 0.853. The molecule has 0 saturated carbocycles. The molecule has 1 N–H and O–H groups in total. The van der Waals surface area contributed by atoms with Crippen LogP contribution in [0.15, 0.2) is 30.6 Å². The van der Waals surface area contributed by atoms with E-state index < -0.39 is 10.0 Å². The Bertz CT molecular complexity index is 1070. The molecule has 1 saturated heterocycles. The fourth-order valence-electron chi connectivity index (χ4n) is 3.37. The van der Waals surface area contributed by atoms with E-state index in [4.69, 9.17) is 11.6 Å². The summed E-state index contributed by atoms with van der Waals surface area (Å²) in [6.45, 7) is 1.83. The summed E-state index contributed by atoms with van der Waals surface area (Å²) >= 11 is 7.82. The standard InChI is InChI=1S/C16H18ClN5O3S2/c1-27(24,25)21-8-6-20(7-9-21)13(11-4-2-3-5-12(11)17)14-15(23)22-16(26-14)18-10-19-22/h2-5,10,13,23H,6-9H2,1H3. The number of hydrogen-bond donors (Lipinski definition) is 1. The fraction of sp³-hybridized carbons (Fsp3) is 0.375. The molecule has 8 nitrogen and oxygen atoms in total. The molecule has 27 heavy (non-hydrogen) atoms. The monoisotopic (exact) mass is 427 g/mol. The van der Waals surface area contributed by atoms with Crippen LogP contribution >= 0.6 is 22.9 Å². The number of sulfonamides is 1. The van der Waals surface area contributed by atoms with Gasteiger partial charge in [0.05, 0.1) is 17.2 Å². The summed E-state index contributed by atoms with van der Waals surface area (Å²) in [7, 11) is -3.22. The van der Waals surface area contributed by atoms with Crippen LogP contribution < -0.4 is 0 Å². The number of aromatic nitrogens is 3. The van der Waals surface area contributed by atoms with Gasteiger partial charge in [-0.3, -0.25) is 4.90 Å². The quantitative estimate of drug-likeness (QED) is 0.682. The van der Waals surface area contributed by atoms with Gasteiger partial charge in [0.25, 0.3) is 0 Å². The van der Waals surface area contributed by atoms with Gasteiger partial charge in [-0.25, -0.2) is 13.4 Å². The maximum absolute atomic E-state index is 11.8. The highest BCUT2D eigenvalue weighted by atomic mass is 35.5. The van der Waals surface area contributed by atoms with Crippen LogP contribution in [0.1, 0.15) is 16.5 Å². The van der Waals surface area contributed by atoms with Crippen LogP contribution in [0.2, 0.25) is 5.02 Å². The number of thiazole rings is 1. The molecule has 1 aromatic carbocycles. The third kappa shape index (κ3) is 3.43. The highest BCUT2D eigenvalue weighted by Gasteiger charge is 2.34. The van der Waals surface area contributed by atoms with Crippen molar-refractivity contribution in [3.8, 4) is 5.88 Å². The number of halogens is 1. The van der Waals surface area contributed by atoms with Crippen LogP contribution in [0.25, 0.3) is 4.96 Å². The van der Waals surface area contributed by atoms with Gasteiger partial charge in [0.15, 0.2) is 0 Å². The Morgan fingerprint density at radius 1 is 1.22 bits per heavy atom. The van der Waals surface area contributed by atoms with Crippen molar-refractivity contribution < 1.29 is 13.5 Å². The predicted molar refractivity (Wildman–Crippen MR) is 104 cm³/mol. The summed E-state index contributed by atoms with van der Waals surface area (Å²) in [5.74, 6) is 0.0305. The molecule has 0 bridgehead atoms. The van der Waals surface area contributed by atoms with Gasteiger partial charge < -0.3 is 5.11 Å². The van der Waals surface area contributed by atoms with Gasteiger partial charge in [-0.1, -0.05) is 41.1 Å². The molecule has 1 unspecified atom stereocenters. The van der Waals surface area contributed by atoms with E-state index in [1.54, 1.807) is 0 Å². The van der Waals surface area contributed by atoms with Crippen molar-refractivity contribution >= 4 is 37.9 Å². The van der Waals surface area contributed by atoms with Crippen molar-refractivity contribution in [1.29, 1.82) is 0 Å². The van der Waals surface area contributed by atoms with E-state index in [9.17, 15) is 13.5 Å². The third-order valence-electron chi connectivity index (χ3n) is 4.69. The molecule has 144 valence electrons. The molecule has 1 aliphatic heterocycles. The van der Waals surface area contributed by atoms with Crippen molar-refractivity contribution in [3.05, 3.63) is 46.1 Å². The van der Waals surface area contributed by atoms with E-state index in [0.29, 0.717) is 41.0 Å². The Labute approximate surface area is 165 Å². The van der Waals surface area contributed by atoms with E-state index in [0.717, 1.165) is 5.56 Å². The maximum Gasteiger partial charge on any atom is 0.230 e. The number of nitrogens with zero attached hydrogens (tertiary/aromatic N) is 5. The van der Waals surface area contributed by atoms with Gasteiger partial charge in [0, 0.05) is 31.2 Å². The van der Waals surface area contributed by atoms with Crippen LogP contribution in [-0.4, -0.2) is 69.8 Å². The van der Waals surface area contributed by atoms with Gasteiger partial charge in [-0.05, 0) is 11.6 Å². The first-order valence-electron chi connectivity index (χ1n) is 8.31. The largest absolute Gasteiger partial charge is 0.492 e. The van der Waals surface area contributed by atoms with E-state index in [2.05, 4.69) is 15.0 Å². The number of rotatable bonds is 4. The summed E-state index contributed by atoms with van der Waals surface area (Å²) < 4.78 is 26.5. The van der Waals surface area contributed by atoms with Gasteiger partial charge >= 0.3 is 0 Å². The topological polar surface area (TPSA) is 91.0 Å². The van der Waals surface area contributed by atoms with E-state index in [1.807, 2.05) is 24.3 Å². The SMILES string of the molecule is CS(=O)(=O)N1CCN(C(c2ccccc2Cl)c2sc3ncnn3c2O)CC1. The van der Waals surface area contributed by atoms with E-state index in [1.165, 1.54) is 32.7 Å². The number of piperazine rings is 1. The highest BCUT2D eigenvalue weighted by molar-refractivity contribution is 7.88. The number of fused-ring (bicyclic) bond motifs is 1. The van der Waals surface area contributed by atoms with E-state index in [-0.39, 0.29) is 11.9 Å². The minimum Gasteiger partial charge on any atom is -0.492 e. The van der Waals surface area contributed by atoms with Crippen LogP contribution in [0.4, 0.5) is 0 Å². The Morgan fingerprint density at radius 3 is 2.56 bits per heavy atom. The Balaban J connectivity index is 1.75. The average Bonchev–Trinajstić information content (AvgIpc) is 3.20. The third-order valence-corrected chi connectivity index (χ3v) is 7.43. The first-order valence-corrected chi connectivity index (χ1v) is 11.4. The zero-order chi connectivity index (χ0) is 19.2. The van der Waals surface area contributed by atoms with Crippen LogP contribution in [-0.2, 0) is 10.0 Å². The minimum atomic E-state index is -3.22.